The fourth-order valence-corrected chi connectivity index (χ4v) is 1.95. The highest BCUT2D eigenvalue weighted by molar-refractivity contribution is 5.48. The first-order valence-corrected chi connectivity index (χ1v) is 6.00. The minimum absolute atomic E-state index is 0.123. The Morgan fingerprint density at radius 2 is 1.65 bits per heavy atom. The van der Waals surface area contributed by atoms with Crippen molar-refractivity contribution in [3.8, 4) is 11.5 Å². The highest BCUT2D eigenvalue weighted by Gasteiger charge is 2.14. The van der Waals surface area contributed by atoms with Crippen molar-refractivity contribution in [1.29, 1.82) is 0 Å². The quantitative estimate of drug-likeness (QED) is 0.856. The van der Waals surface area contributed by atoms with Gasteiger partial charge in [0.25, 0.3) is 0 Å². The lowest BCUT2D eigenvalue weighted by Gasteiger charge is -2.17. The summed E-state index contributed by atoms with van der Waals surface area (Å²) < 4.78 is 10.8. The lowest BCUT2D eigenvalue weighted by molar-refractivity contribution is 0.386. The van der Waals surface area contributed by atoms with Crippen LogP contribution in [0.1, 0.15) is 37.8 Å². The van der Waals surface area contributed by atoms with Crippen LogP contribution in [0.3, 0.4) is 0 Å². The number of hydrogen-bond acceptors (Lipinski definition) is 3. The number of rotatable bonds is 5. The van der Waals surface area contributed by atoms with E-state index in [4.69, 9.17) is 15.2 Å². The Bertz CT molecular complexity index is 373. The fourth-order valence-electron chi connectivity index (χ4n) is 1.95. The zero-order valence-corrected chi connectivity index (χ0v) is 11.4. The fraction of sp³-hybridized carbons (Fsp3) is 0.571. The molecule has 1 aromatic rings. The number of hydrogen-bond donors (Lipinski definition) is 1. The molecule has 1 aromatic carbocycles. The van der Waals surface area contributed by atoms with Gasteiger partial charge in [0.2, 0.25) is 0 Å². The van der Waals surface area contributed by atoms with Gasteiger partial charge in [-0.3, -0.25) is 0 Å². The topological polar surface area (TPSA) is 44.5 Å². The summed E-state index contributed by atoms with van der Waals surface area (Å²) in [6, 6.07) is 4.22. The van der Waals surface area contributed by atoms with Crippen molar-refractivity contribution in [1.82, 2.24) is 0 Å². The van der Waals surface area contributed by atoms with E-state index in [1.165, 1.54) is 5.56 Å². The van der Waals surface area contributed by atoms with E-state index < -0.39 is 0 Å². The van der Waals surface area contributed by atoms with Crippen LogP contribution in [0.5, 0.6) is 11.5 Å². The molecule has 3 heteroatoms. The van der Waals surface area contributed by atoms with E-state index in [9.17, 15) is 0 Å². The summed E-state index contributed by atoms with van der Waals surface area (Å²) in [5, 5.41) is 0. The first-order valence-electron chi connectivity index (χ1n) is 6.00. The Labute approximate surface area is 104 Å². The molecule has 0 fully saturated rings. The molecule has 0 aliphatic rings. The molecule has 1 rings (SSSR count). The molecule has 17 heavy (non-hydrogen) atoms. The van der Waals surface area contributed by atoms with Crippen molar-refractivity contribution >= 4 is 0 Å². The number of nitrogens with two attached hydrogens (primary N) is 1. The first-order chi connectivity index (χ1) is 7.99. The summed E-state index contributed by atoms with van der Waals surface area (Å²) in [5.74, 6) is 2.15. The second-order valence-corrected chi connectivity index (χ2v) is 4.74. The Morgan fingerprint density at radius 3 is 2.06 bits per heavy atom. The van der Waals surface area contributed by atoms with Crippen LogP contribution in [-0.2, 0) is 6.42 Å². The summed E-state index contributed by atoms with van der Waals surface area (Å²) in [6.45, 7) is 6.30. The summed E-state index contributed by atoms with van der Waals surface area (Å²) >= 11 is 0. The molecule has 0 bridgehead atoms. The van der Waals surface area contributed by atoms with Crippen LogP contribution in [0.15, 0.2) is 12.1 Å². The monoisotopic (exact) mass is 237 g/mol. The number of ether oxygens (including phenoxy) is 2. The highest BCUT2D eigenvalue weighted by atomic mass is 16.5. The summed E-state index contributed by atoms with van der Waals surface area (Å²) in [4.78, 5) is 0. The van der Waals surface area contributed by atoms with Gasteiger partial charge in [0.15, 0.2) is 0 Å². The smallest absolute Gasteiger partial charge is 0.126 e. The number of benzene rings is 1. The van der Waals surface area contributed by atoms with Crippen LogP contribution in [-0.4, -0.2) is 20.3 Å². The molecule has 0 spiro atoms. The van der Waals surface area contributed by atoms with Gasteiger partial charge in [0.1, 0.15) is 11.5 Å². The van der Waals surface area contributed by atoms with Gasteiger partial charge < -0.3 is 15.2 Å². The van der Waals surface area contributed by atoms with E-state index in [1.54, 1.807) is 14.2 Å². The van der Waals surface area contributed by atoms with Crippen LogP contribution in [0.4, 0.5) is 0 Å². The van der Waals surface area contributed by atoms with Crippen molar-refractivity contribution in [3.63, 3.8) is 0 Å². The van der Waals surface area contributed by atoms with Crippen molar-refractivity contribution in [2.24, 2.45) is 5.73 Å². The zero-order valence-electron chi connectivity index (χ0n) is 11.4. The van der Waals surface area contributed by atoms with Gasteiger partial charge in [0.05, 0.1) is 14.2 Å². The summed E-state index contributed by atoms with van der Waals surface area (Å²) in [7, 11) is 3.36. The van der Waals surface area contributed by atoms with E-state index in [0.29, 0.717) is 5.92 Å². The maximum absolute atomic E-state index is 5.86. The third kappa shape index (κ3) is 3.37. The zero-order chi connectivity index (χ0) is 13.0. The average Bonchev–Trinajstić information content (AvgIpc) is 2.27. The number of methoxy groups -OCH3 is 2. The van der Waals surface area contributed by atoms with Gasteiger partial charge in [-0.1, -0.05) is 13.8 Å². The molecule has 0 saturated heterocycles. The maximum atomic E-state index is 5.86. The minimum Gasteiger partial charge on any atom is -0.496 e. The Hall–Kier alpha value is -1.22. The van der Waals surface area contributed by atoms with E-state index in [2.05, 4.69) is 19.9 Å². The largest absolute Gasteiger partial charge is 0.496 e. The molecule has 3 nitrogen and oxygen atoms in total. The average molecular weight is 237 g/mol. The van der Waals surface area contributed by atoms with Gasteiger partial charge >= 0.3 is 0 Å². The molecule has 0 heterocycles. The Kier molecular flexibility index (Phi) is 4.82. The third-order valence-corrected chi connectivity index (χ3v) is 2.80. The second kappa shape index (κ2) is 5.92. The van der Waals surface area contributed by atoms with Crippen molar-refractivity contribution in [2.45, 2.75) is 39.2 Å². The molecule has 0 amide bonds. The predicted molar refractivity (Wildman–Crippen MR) is 71.0 cm³/mol. The van der Waals surface area contributed by atoms with Crippen LogP contribution in [0.25, 0.3) is 0 Å². The Balaban J connectivity index is 3.23. The van der Waals surface area contributed by atoms with E-state index in [-0.39, 0.29) is 6.04 Å². The van der Waals surface area contributed by atoms with Gasteiger partial charge in [0, 0.05) is 12.1 Å². The van der Waals surface area contributed by atoms with Crippen LogP contribution in [0.2, 0.25) is 0 Å². The van der Waals surface area contributed by atoms with Crippen LogP contribution < -0.4 is 15.2 Å². The lowest BCUT2D eigenvalue weighted by Crippen LogP contribution is -2.18. The first kappa shape index (κ1) is 13.8. The van der Waals surface area contributed by atoms with Crippen molar-refractivity contribution in [3.05, 3.63) is 23.3 Å². The van der Waals surface area contributed by atoms with Gasteiger partial charge in [-0.25, -0.2) is 0 Å². The molecule has 1 unspecified atom stereocenters. The molecule has 0 aliphatic carbocycles. The highest BCUT2D eigenvalue weighted by Crippen LogP contribution is 2.33. The van der Waals surface area contributed by atoms with Gasteiger partial charge in [-0.2, -0.15) is 0 Å². The lowest BCUT2D eigenvalue weighted by atomic mass is 9.96. The molecule has 0 aliphatic heterocycles. The molecule has 2 N–H and O–H groups in total. The minimum atomic E-state index is 0.123. The van der Waals surface area contributed by atoms with E-state index in [0.717, 1.165) is 23.5 Å². The molecule has 0 aromatic heterocycles. The molecule has 96 valence electrons. The molecule has 1 atom stereocenters. The van der Waals surface area contributed by atoms with Crippen molar-refractivity contribution < 1.29 is 9.47 Å². The summed E-state index contributed by atoms with van der Waals surface area (Å²) in [6.07, 6.45) is 0.812. The maximum Gasteiger partial charge on any atom is 0.126 e. The third-order valence-electron chi connectivity index (χ3n) is 2.80. The normalized spacial score (nSPS) is 12.6. The molecular weight excluding hydrogens is 214 g/mol. The van der Waals surface area contributed by atoms with E-state index in [1.807, 2.05) is 13.0 Å². The molecular formula is C14H23NO2. The second-order valence-electron chi connectivity index (χ2n) is 4.74. The molecule has 0 saturated carbocycles. The van der Waals surface area contributed by atoms with E-state index >= 15 is 0 Å². The molecule has 0 radical (unpaired) electrons. The Morgan fingerprint density at radius 1 is 1.06 bits per heavy atom. The SMILES string of the molecule is COc1cc(OC)c(C(C)C)cc1CC(C)N. The van der Waals surface area contributed by atoms with Crippen LogP contribution in [0, 0.1) is 0 Å². The summed E-state index contributed by atoms with van der Waals surface area (Å²) in [5.41, 5.74) is 8.20. The van der Waals surface area contributed by atoms with Gasteiger partial charge in [-0.15, -0.1) is 0 Å². The predicted octanol–water partition coefficient (Wildman–Crippen LogP) is 2.72. The van der Waals surface area contributed by atoms with Crippen molar-refractivity contribution in [2.75, 3.05) is 14.2 Å². The van der Waals surface area contributed by atoms with Gasteiger partial charge in [-0.05, 0) is 36.5 Å². The standard InChI is InChI=1S/C14H23NO2/c1-9(2)12-7-11(6-10(3)15)13(16-4)8-14(12)17-5/h7-10H,6,15H2,1-5H3. The van der Waals surface area contributed by atoms with Crippen LogP contribution >= 0.6 is 0 Å².